The predicted octanol–water partition coefficient (Wildman–Crippen LogP) is 7.95. The number of anilines is 3. The summed E-state index contributed by atoms with van der Waals surface area (Å²) in [5, 5.41) is 5.36. The first-order chi connectivity index (χ1) is 20.2. The van der Waals surface area contributed by atoms with Gasteiger partial charge in [0.15, 0.2) is 5.13 Å². The number of carbonyl (C=O) groups excluding carboxylic acids is 2. The minimum atomic E-state index is -5.76. The zero-order valence-electron chi connectivity index (χ0n) is 21.9. The zero-order valence-corrected chi connectivity index (χ0v) is 26.7. The fourth-order valence-electron chi connectivity index (χ4n) is 3.79. The Morgan fingerprint density at radius 3 is 2.40 bits per heavy atom. The number of hydrogen-bond acceptors (Lipinski definition) is 7. The van der Waals surface area contributed by atoms with Crippen molar-refractivity contribution in [3.05, 3.63) is 91.7 Å². The highest BCUT2D eigenvalue weighted by molar-refractivity contribution is 9.10. The highest BCUT2D eigenvalue weighted by Crippen LogP contribution is 2.60. The first-order valence-corrected chi connectivity index (χ1v) is 16.2. The molecule has 0 atom stereocenters. The Labute approximate surface area is 266 Å². The first kappa shape index (κ1) is 33.0. The van der Waals surface area contributed by atoms with Crippen molar-refractivity contribution in [1.29, 1.82) is 0 Å². The second-order valence-corrected chi connectivity index (χ2v) is 13.0. The van der Waals surface area contributed by atoms with Crippen LogP contribution in [-0.2, 0) is 31.1 Å². The molecule has 0 bridgehead atoms. The molecule has 0 spiro atoms. The fourth-order valence-corrected chi connectivity index (χ4v) is 6.27. The van der Waals surface area contributed by atoms with Gasteiger partial charge in [0, 0.05) is 32.4 Å². The summed E-state index contributed by atoms with van der Waals surface area (Å²) in [5.74, 6) is -1.89. The molecule has 16 heteroatoms. The number of aromatic nitrogens is 1. The summed E-state index contributed by atoms with van der Waals surface area (Å²) < 4.78 is 44.6. The van der Waals surface area contributed by atoms with Gasteiger partial charge in [0.25, 0.3) is 0 Å². The maximum atomic E-state index is 14.4. The molecule has 0 radical (unpaired) electrons. The van der Waals surface area contributed by atoms with Gasteiger partial charge in [-0.3, -0.25) is 9.36 Å². The monoisotopic (exact) mass is 733 g/mol. The number of thiazole rings is 1. The number of hydrogen-bond donors (Lipinski definition) is 3. The van der Waals surface area contributed by atoms with Gasteiger partial charge in [0.2, 0.25) is 0 Å². The molecule has 43 heavy (non-hydrogen) atoms. The van der Waals surface area contributed by atoms with Crippen LogP contribution in [0.25, 0.3) is 11.3 Å². The van der Waals surface area contributed by atoms with Gasteiger partial charge in [-0.2, -0.15) is 8.78 Å². The van der Waals surface area contributed by atoms with Crippen molar-refractivity contribution in [1.82, 2.24) is 4.98 Å². The van der Waals surface area contributed by atoms with Crippen molar-refractivity contribution in [2.45, 2.75) is 19.1 Å². The lowest BCUT2D eigenvalue weighted by atomic mass is 10.1. The van der Waals surface area contributed by atoms with Crippen molar-refractivity contribution in [3.8, 4) is 11.3 Å². The highest BCUT2D eigenvalue weighted by Gasteiger charge is 2.51. The minimum absolute atomic E-state index is 0.0751. The number of ether oxygens (including phenoxy) is 1. The molecule has 0 aliphatic carbocycles. The number of nitrogens with one attached hydrogen (secondary N) is 1. The van der Waals surface area contributed by atoms with E-state index in [0.717, 1.165) is 6.07 Å². The fraction of sp³-hybridized carbons (Fsp3) is 0.148. The molecule has 9 nitrogen and oxygen atoms in total. The summed E-state index contributed by atoms with van der Waals surface area (Å²) in [6, 6.07) is 15.2. The van der Waals surface area contributed by atoms with Crippen LogP contribution in [-0.4, -0.2) is 33.3 Å². The Balaban J connectivity index is 1.63. The van der Waals surface area contributed by atoms with Crippen LogP contribution in [0.4, 0.5) is 25.3 Å². The van der Waals surface area contributed by atoms with Gasteiger partial charge in [0.1, 0.15) is 0 Å². The average Bonchev–Trinajstić information content (AvgIpc) is 3.43. The molecular formula is C27H21BrCl2F2N3O6PS. The number of rotatable bonds is 9. The van der Waals surface area contributed by atoms with Crippen LogP contribution in [0.5, 0.6) is 0 Å². The van der Waals surface area contributed by atoms with Crippen LogP contribution in [0, 0.1) is 0 Å². The summed E-state index contributed by atoms with van der Waals surface area (Å²) in [6.45, 7) is 1.78. The molecule has 1 aromatic heterocycles. The second-order valence-electron chi connectivity index (χ2n) is 8.85. The van der Waals surface area contributed by atoms with Gasteiger partial charge in [-0.1, -0.05) is 63.4 Å². The molecule has 0 unspecified atom stereocenters. The Bertz CT molecular complexity index is 1720. The Morgan fingerprint density at radius 1 is 1.09 bits per heavy atom. The molecule has 3 aromatic carbocycles. The number of alkyl halides is 2. The standard InChI is InChI=1S/C27H21BrCl2F2N3O6PS/c1-2-41-25(37)24(36)33-17-6-4-16(5-7-17)23-14-43-26(34-23)35(18-8-10-21(29)22(30)12-18)13-15-3-9-19(20(28)11-15)27(31,32)42(38,39)40/h3-12,14H,2,13H2,1H3,(H,33,36)(H2,38,39,40). The van der Waals surface area contributed by atoms with Gasteiger partial charge >= 0.3 is 25.1 Å². The number of benzene rings is 3. The quantitative estimate of drug-likeness (QED) is 0.0898. The van der Waals surface area contributed by atoms with Gasteiger partial charge in [0.05, 0.1) is 28.9 Å². The number of esters is 1. The van der Waals surface area contributed by atoms with Crippen molar-refractivity contribution < 1.29 is 37.5 Å². The van der Waals surface area contributed by atoms with Crippen LogP contribution in [0.3, 0.4) is 0 Å². The molecule has 4 aromatic rings. The molecule has 1 amide bonds. The first-order valence-electron chi connectivity index (χ1n) is 12.2. The SMILES string of the molecule is CCOC(=O)C(=O)Nc1ccc(-c2csc(N(Cc3ccc(C(F)(F)P(=O)(O)O)c(Br)c3)c3ccc(Cl)c(Cl)c3)n2)cc1. The van der Waals surface area contributed by atoms with E-state index in [1.54, 1.807) is 59.7 Å². The van der Waals surface area contributed by atoms with Crippen LogP contribution < -0.4 is 10.2 Å². The normalized spacial score (nSPS) is 11.7. The van der Waals surface area contributed by atoms with Crippen molar-refractivity contribution >= 4 is 86.4 Å². The molecule has 4 rings (SSSR count). The molecule has 3 N–H and O–H groups in total. The summed E-state index contributed by atoms with van der Waals surface area (Å²) in [4.78, 5) is 48.3. The molecule has 1 heterocycles. The topological polar surface area (TPSA) is 129 Å². The van der Waals surface area contributed by atoms with E-state index in [1.807, 2.05) is 0 Å². The van der Waals surface area contributed by atoms with E-state index < -0.39 is 30.7 Å². The van der Waals surface area contributed by atoms with E-state index in [0.29, 0.717) is 38.3 Å². The zero-order chi connectivity index (χ0) is 31.5. The third-order valence-electron chi connectivity index (χ3n) is 5.90. The van der Waals surface area contributed by atoms with Crippen LogP contribution in [0.1, 0.15) is 18.1 Å². The Morgan fingerprint density at radius 2 is 1.79 bits per heavy atom. The number of nitrogens with zero attached hydrogens (tertiary/aromatic N) is 2. The average molecular weight is 735 g/mol. The van der Waals surface area contributed by atoms with Crippen molar-refractivity contribution in [2.75, 3.05) is 16.8 Å². The largest absolute Gasteiger partial charge is 0.459 e. The maximum absolute atomic E-state index is 14.4. The molecule has 0 aliphatic heterocycles. The molecular weight excluding hydrogens is 714 g/mol. The summed E-state index contributed by atoms with van der Waals surface area (Å²) in [7, 11) is -5.76. The minimum Gasteiger partial charge on any atom is -0.459 e. The molecule has 0 saturated heterocycles. The van der Waals surface area contributed by atoms with E-state index in [1.165, 1.54) is 23.5 Å². The molecule has 0 aliphatic rings. The number of amides is 1. The summed E-state index contributed by atoms with van der Waals surface area (Å²) >= 11 is 16.7. The lowest BCUT2D eigenvalue weighted by molar-refractivity contribution is -0.152. The predicted molar refractivity (Wildman–Crippen MR) is 165 cm³/mol. The van der Waals surface area contributed by atoms with Gasteiger partial charge in [-0.25, -0.2) is 9.78 Å². The van der Waals surface area contributed by atoms with Gasteiger partial charge in [-0.15, -0.1) is 11.3 Å². The van der Waals surface area contributed by atoms with Gasteiger partial charge in [-0.05, 0) is 48.9 Å². The number of halogens is 5. The van der Waals surface area contributed by atoms with Gasteiger partial charge < -0.3 is 24.7 Å². The van der Waals surface area contributed by atoms with Crippen LogP contribution in [0.2, 0.25) is 10.0 Å². The Hall–Kier alpha value is -2.90. The summed E-state index contributed by atoms with van der Waals surface area (Å²) in [5.41, 5.74) is -2.44. The number of carbonyl (C=O) groups is 2. The smallest absolute Gasteiger partial charge is 0.399 e. The van der Waals surface area contributed by atoms with E-state index in [-0.39, 0.29) is 22.6 Å². The van der Waals surface area contributed by atoms with E-state index in [9.17, 15) is 22.9 Å². The highest BCUT2D eigenvalue weighted by atomic mass is 79.9. The van der Waals surface area contributed by atoms with Crippen LogP contribution in [0.15, 0.2) is 70.5 Å². The second kappa shape index (κ2) is 13.4. The summed E-state index contributed by atoms with van der Waals surface area (Å²) in [6.07, 6.45) is 0. The van der Waals surface area contributed by atoms with Crippen LogP contribution >= 0.6 is 58.1 Å². The lowest BCUT2D eigenvalue weighted by Crippen LogP contribution is -2.24. The lowest BCUT2D eigenvalue weighted by Gasteiger charge is -2.24. The maximum Gasteiger partial charge on any atom is 0.399 e. The third kappa shape index (κ3) is 7.61. The van der Waals surface area contributed by atoms with Crippen molar-refractivity contribution in [3.63, 3.8) is 0 Å². The van der Waals surface area contributed by atoms with Crippen molar-refractivity contribution in [2.24, 2.45) is 0 Å². The van der Waals surface area contributed by atoms with E-state index in [2.05, 4.69) is 26.0 Å². The van der Waals surface area contributed by atoms with E-state index >= 15 is 0 Å². The Kier molecular flexibility index (Phi) is 10.3. The molecule has 226 valence electrons. The third-order valence-corrected chi connectivity index (χ3v) is 9.13. The van der Waals surface area contributed by atoms with E-state index in [4.69, 9.17) is 38.0 Å². The molecule has 0 saturated carbocycles. The molecule has 0 fully saturated rings.